The number of aryl methyl sites for hydroxylation is 1. The van der Waals surface area contributed by atoms with Crippen LogP contribution in [0.2, 0.25) is 5.02 Å². The topological polar surface area (TPSA) is 65.8 Å². The van der Waals surface area contributed by atoms with Gasteiger partial charge < -0.3 is 0 Å². The van der Waals surface area contributed by atoms with Crippen LogP contribution in [0.5, 0.6) is 0 Å². The zero-order valence-electron chi connectivity index (χ0n) is 13.9. The second kappa shape index (κ2) is 7.96. The van der Waals surface area contributed by atoms with Crippen LogP contribution >= 0.6 is 22.9 Å². The predicted octanol–water partition coefficient (Wildman–Crippen LogP) is 5.32. The molecule has 1 N–H and O–H groups in total. The summed E-state index contributed by atoms with van der Waals surface area (Å²) in [4.78, 5) is 17.8. The van der Waals surface area contributed by atoms with Gasteiger partial charge in [-0.2, -0.15) is 5.26 Å². The Balaban J connectivity index is 1.81. The molecule has 0 bridgehead atoms. The molecule has 3 rings (SSSR count). The first-order chi connectivity index (χ1) is 12.6. The molecule has 1 amide bonds. The molecule has 0 saturated heterocycles. The number of nitrogens with zero attached hydrogens (tertiary/aromatic N) is 2. The molecule has 6 heteroatoms. The number of nitriles is 1. The van der Waals surface area contributed by atoms with E-state index >= 15 is 0 Å². The van der Waals surface area contributed by atoms with E-state index in [1.54, 1.807) is 18.2 Å². The molecule has 0 fully saturated rings. The van der Waals surface area contributed by atoms with Crippen molar-refractivity contribution in [1.82, 2.24) is 4.98 Å². The minimum Gasteiger partial charge on any atom is -0.297 e. The van der Waals surface area contributed by atoms with Crippen molar-refractivity contribution in [2.45, 2.75) is 6.92 Å². The number of hydrogen-bond acceptors (Lipinski definition) is 4. The van der Waals surface area contributed by atoms with Crippen molar-refractivity contribution in [2.75, 3.05) is 5.32 Å². The van der Waals surface area contributed by atoms with Crippen LogP contribution in [0.3, 0.4) is 0 Å². The van der Waals surface area contributed by atoms with E-state index in [-0.39, 0.29) is 5.57 Å². The summed E-state index contributed by atoms with van der Waals surface area (Å²) in [6.45, 7) is 1.93. The van der Waals surface area contributed by atoms with Gasteiger partial charge in [-0.05, 0) is 30.7 Å². The number of amides is 1. The number of thiazole rings is 1. The number of hydrogen-bond donors (Lipinski definition) is 1. The number of rotatable bonds is 4. The van der Waals surface area contributed by atoms with Crippen LogP contribution in [0.1, 0.15) is 10.4 Å². The summed E-state index contributed by atoms with van der Waals surface area (Å²) in [5.74, 6) is -0.479. The minimum atomic E-state index is -0.479. The van der Waals surface area contributed by atoms with E-state index in [0.717, 1.165) is 21.7 Å². The number of carbonyl (C=O) groups is 1. The Morgan fingerprint density at radius 3 is 2.54 bits per heavy atom. The van der Waals surface area contributed by atoms with E-state index in [2.05, 4.69) is 10.3 Å². The summed E-state index contributed by atoms with van der Waals surface area (Å²) in [5, 5.41) is 13.1. The van der Waals surface area contributed by atoms with E-state index in [1.165, 1.54) is 11.3 Å². The third kappa shape index (κ3) is 4.17. The summed E-state index contributed by atoms with van der Waals surface area (Å²) in [5.41, 5.74) is 2.52. The molecule has 128 valence electrons. The first kappa shape index (κ1) is 17.9. The molecule has 0 aliphatic rings. The fourth-order valence-corrected chi connectivity index (χ4v) is 3.31. The van der Waals surface area contributed by atoms with E-state index < -0.39 is 5.91 Å². The van der Waals surface area contributed by atoms with Crippen molar-refractivity contribution >= 4 is 40.1 Å². The van der Waals surface area contributed by atoms with Gasteiger partial charge in [0.25, 0.3) is 5.91 Å². The molecule has 0 radical (unpaired) electrons. The van der Waals surface area contributed by atoms with Crippen LogP contribution in [0, 0.1) is 18.3 Å². The van der Waals surface area contributed by atoms with Crippen LogP contribution in [0.15, 0.2) is 60.2 Å². The molecule has 2 aromatic carbocycles. The molecule has 0 aliphatic carbocycles. The highest BCUT2D eigenvalue weighted by molar-refractivity contribution is 7.16. The summed E-state index contributed by atoms with van der Waals surface area (Å²) in [6.07, 6.45) is 1.55. The Bertz CT molecular complexity index is 1000. The lowest BCUT2D eigenvalue weighted by atomic mass is 10.1. The van der Waals surface area contributed by atoms with Gasteiger partial charge in [-0.25, -0.2) is 4.98 Å². The van der Waals surface area contributed by atoms with Crippen molar-refractivity contribution < 1.29 is 4.79 Å². The Labute approximate surface area is 160 Å². The van der Waals surface area contributed by atoms with Crippen molar-refractivity contribution in [3.8, 4) is 17.3 Å². The normalized spacial score (nSPS) is 11.0. The molecule has 1 heterocycles. The second-order valence-corrected chi connectivity index (χ2v) is 7.10. The highest BCUT2D eigenvalue weighted by atomic mass is 35.5. The first-order valence-electron chi connectivity index (χ1n) is 7.78. The smallest absolute Gasteiger partial charge is 0.268 e. The maximum absolute atomic E-state index is 12.4. The monoisotopic (exact) mass is 379 g/mol. The molecule has 1 aromatic heterocycles. The molecule has 3 aromatic rings. The molecular formula is C20H14ClN3OS. The second-order valence-electron chi connectivity index (χ2n) is 5.47. The van der Waals surface area contributed by atoms with E-state index in [9.17, 15) is 10.1 Å². The lowest BCUT2D eigenvalue weighted by Crippen LogP contribution is -2.13. The van der Waals surface area contributed by atoms with Gasteiger partial charge in [0.05, 0.1) is 5.69 Å². The molecule has 4 nitrogen and oxygen atoms in total. The van der Waals surface area contributed by atoms with Crippen molar-refractivity contribution in [3.05, 3.63) is 75.6 Å². The van der Waals surface area contributed by atoms with E-state index in [1.807, 2.05) is 55.5 Å². The zero-order valence-corrected chi connectivity index (χ0v) is 15.4. The molecule has 0 spiro atoms. The summed E-state index contributed by atoms with van der Waals surface area (Å²) in [6, 6.07) is 18.5. The lowest BCUT2D eigenvalue weighted by molar-refractivity contribution is -0.112. The van der Waals surface area contributed by atoms with Crippen LogP contribution in [-0.2, 0) is 4.79 Å². The van der Waals surface area contributed by atoms with Crippen molar-refractivity contribution in [3.63, 3.8) is 0 Å². The van der Waals surface area contributed by atoms with E-state index in [0.29, 0.717) is 10.2 Å². The number of anilines is 1. The predicted molar refractivity (Wildman–Crippen MR) is 106 cm³/mol. The standard InChI is InChI=1S/C20H14ClN3OS/c1-13-18(15-7-9-17(21)10-8-15)23-20(26-13)24-19(25)16(12-22)11-14-5-3-2-4-6-14/h2-11H,1H3,(H,23,24,25)/b16-11+. The van der Waals surface area contributed by atoms with Crippen LogP contribution < -0.4 is 5.32 Å². The third-order valence-electron chi connectivity index (χ3n) is 3.61. The fraction of sp³-hybridized carbons (Fsp3) is 0.0500. The first-order valence-corrected chi connectivity index (χ1v) is 8.98. The fourth-order valence-electron chi connectivity index (χ4n) is 2.35. The van der Waals surface area contributed by atoms with Gasteiger partial charge in [0.2, 0.25) is 0 Å². The van der Waals surface area contributed by atoms with Crippen LogP contribution in [0.25, 0.3) is 17.3 Å². The zero-order chi connectivity index (χ0) is 18.5. The quantitative estimate of drug-likeness (QED) is 0.493. The number of benzene rings is 2. The van der Waals surface area contributed by atoms with Gasteiger partial charge in [0.15, 0.2) is 5.13 Å². The van der Waals surface area contributed by atoms with Gasteiger partial charge in [0.1, 0.15) is 11.6 Å². The van der Waals surface area contributed by atoms with Gasteiger partial charge in [-0.1, -0.05) is 54.1 Å². The highest BCUT2D eigenvalue weighted by Crippen LogP contribution is 2.31. The molecule has 0 saturated carbocycles. The number of aromatic nitrogens is 1. The van der Waals surface area contributed by atoms with Gasteiger partial charge in [0, 0.05) is 15.5 Å². The molecule has 26 heavy (non-hydrogen) atoms. The molecule has 0 unspecified atom stereocenters. The number of carbonyl (C=O) groups excluding carboxylic acids is 1. The van der Waals surface area contributed by atoms with Crippen molar-refractivity contribution in [2.24, 2.45) is 0 Å². The minimum absolute atomic E-state index is 0.0251. The SMILES string of the molecule is Cc1sc(NC(=O)/C(C#N)=C/c2ccccc2)nc1-c1ccc(Cl)cc1. The molecular weight excluding hydrogens is 366 g/mol. The summed E-state index contributed by atoms with van der Waals surface area (Å²) in [7, 11) is 0. The van der Waals surface area contributed by atoms with Crippen LogP contribution in [0.4, 0.5) is 5.13 Å². The average Bonchev–Trinajstić information content (AvgIpc) is 3.01. The van der Waals surface area contributed by atoms with Crippen LogP contribution in [-0.4, -0.2) is 10.9 Å². The van der Waals surface area contributed by atoms with Crippen molar-refractivity contribution in [1.29, 1.82) is 5.26 Å². The average molecular weight is 380 g/mol. The molecule has 0 atom stereocenters. The van der Waals surface area contributed by atoms with E-state index in [4.69, 9.17) is 11.6 Å². The van der Waals surface area contributed by atoms with Gasteiger partial charge >= 0.3 is 0 Å². The number of halogens is 1. The summed E-state index contributed by atoms with van der Waals surface area (Å²) < 4.78 is 0. The Kier molecular flexibility index (Phi) is 5.47. The maximum Gasteiger partial charge on any atom is 0.268 e. The Hall–Kier alpha value is -2.94. The highest BCUT2D eigenvalue weighted by Gasteiger charge is 2.15. The maximum atomic E-state index is 12.4. The number of nitrogens with one attached hydrogen (secondary N) is 1. The third-order valence-corrected chi connectivity index (χ3v) is 4.75. The Morgan fingerprint density at radius 1 is 1.19 bits per heavy atom. The lowest BCUT2D eigenvalue weighted by Gasteiger charge is -2.00. The summed E-state index contributed by atoms with van der Waals surface area (Å²) >= 11 is 7.28. The van der Waals surface area contributed by atoms with Gasteiger partial charge in [-0.3, -0.25) is 10.1 Å². The largest absolute Gasteiger partial charge is 0.297 e. The Morgan fingerprint density at radius 2 is 1.88 bits per heavy atom. The molecule has 0 aliphatic heterocycles. The van der Waals surface area contributed by atoms with Gasteiger partial charge in [-0.15, -0.1) is 11.3 Å².